The summed E-state index contributed by atoms with van der Waals surface area (Å²) in [5, 5.41) is 0. The average molecular weight is 310 g/mol. The maximum Gasteiger partial charge on any atom is 0.132 e. The summed E-state index contributed by atoms with van der Waals surface area (Å²) in [6.45, 7) is 6.56. The Hall–Kier alpha value is -2.16. The lowest BCUT2D eigenvalue weighted by Crippen LogP contribution is -2.36. The molecule has 1 heterocycles. The molecule has 23 heavy (non-hydrogen) atoms. The smallest absolute Gasteiger partial charge is 0.132 e. The molecule has 0 saturated carbocycles. The average Bonchev–Trinajstić information content (AvgIpc) is 2.59. The molecular weight excluding hydrogens is 284 g/mol. The summed E-state index contributed by atoms with van der Waals surface area (Å²) in [7, 11) is 0. The van der Waals surface area contributed by atoms with E-state index in [1.165, 1.54) is 19.3 Å². The maximum absolute atomic E-state index is 6.30. The fraction of sp³-hybridized carbons (Fsp3) is 0.400. The van der Waals surface area contributed by atoms with Crippen LogP contribution in [0.3, 0.4) is 0 Å². The van der Waals surface area contributed by atoms with Gasteiger partial charge < -0.3 is 15.4 Å². The standard InChI is InChI=1S/C20H26N2O/c1-3-16-8-7-13-22(14-16)20-15(2)19(12-11-18(20)21)23-17-9-5-4-6-10-17/h4-6,9-12,16H,3,7-8,13-14,21H2,1-2H3/t16-/m1/s1. The van der Waals surface area contributed by atoms with Crippen molar-refractivity contribution < 1.29 is 4.74 Å². The Morgan fingerprint density at radius 2 is 1.96 bits per heavy atom. The Morgan fingerprint density at radius 3 is 2.70 bits per heavy atom. The van der Waals surface area contributed by atoms with Crippen LogP contribution in [0.2, 0.25) is 0 Å². The van der Waals surface area contributed by atoms with E-state index in [1.54, 1.807) is 0 Å². The largest absolute Gasteiger partial charge is 0.457 e. The molecule has 1 aliphatic rings. The van der Waals surface area contributed by atoms with Gasteiger partial charge in [-0.25, -0.2) is 0 Å². The van der Waals surface area contributed by atoms with E-state index in [4.69, 9.17) is 10.5 Å². The van der Waals surface area contributed by atoms with Crippen LogP contribution in [0.5, 0.6) is 11.5 Å². The minimum absolute atomic E-state index is 0.765. The number of hydrogen-bond acceptors (Lipinski definition) is 3. The molecule has 3 rings (SSSR count). The fourth-order valence-corrected chi connectivity index (χ4v) is 3.45. The molecule has 0 spiro atoms. The summed E-state index contributed by atoms with van der Waals surface area (Å²) in [6, 6.07) is 13.9. The zero-order valence-corrected chi connectivity index (χ0v) is 14.1. The Morgan fingerprint density at radius 1 is 1.17 bits per heavy atom. The number of nitrogens with two attached hydrogens (primary N) is 1. The van der Waals surface area contributed by atoms with Crippen LogP contribution >= 0.6 is 0 Å². The van der Waals surface area contributed by atoms with Crippen LogP contribution in [0.15, 0.2) is 42.5 Å². The van der Waals surface area contributed by atoms with Crippen molar-refractivity contribution in [3.05, 3.63) is 48.0 Å². The highest BCUT2D eigenvalue weighted by Crippen LogP contribution is 2.38. The quantitative estimate of drug-likeness (QED) is 0.808. The third kappa shape index (κ3) is 3.44. The van der Waals surface area contributed by atoms with E-state index < -0.39 is 0 Å². The normalized spacial score (nSPS) is 18.0. The highest BCUT2D eigenvalue weighted by atomic mass is 16.5. The molecule has 2 aromatic rings. The topological polar surface area (TPSA) is 38.5 Å². The van der Waals surface area contributed by atoms with E-state index in [-0.39, 0.29) is 0 Å². The molecule has 122 valence electrons. The van der Waals surface area contributed by atoms with Crippen LogP contribution in [-0.4, -0.2) is 13.1 Å². The third-order valence-electron chi connectivity index (χ3n) is 4.80. The maximum atomic E-state index is 6.30. The van der Waals surface area contributed by atoms with Crippen LogP contribution in [0.4, 0.5) is 11.4 Å². The van der Waals surface area contributed by atoms with Crippen molar-refractivity contribution in [3.63, 3.8) is 0 Å². The fourth-order valence-electron chi connectivity index (χ4n) is 3.45. The van der Waals surface area contributed by atoms with Gasteiger partial charge in [-0.3, -0.25) is 0 Å². The minimum atomic E-state index is 0.765. The van der Waals surface area contributed by atoms with Gasteiger partial charge in [-0.1, -0.05) is 31.5 Å². The Kier molecular flexibility index (Phi) is 4.75. The van der Waals surface area contributed by atoms with Gasteiger partial charge in [0.2, 0.25) is 0 Å². The second kappa shape index (κ2) is 6.95. The van der Waals surface area contributed by atoms with Crippen molar-refractivity contribution in [3.8, 4) is 11.5 Å². The summed E-state index contributed by atoms with van der Waals surface area (Å²) in [6.07, 6.45) is 3.79. The molecule has 2 aromatic carbocycles. The summed E-state index contributed by atoms with van der Waals surface area (Å²) in [4.78, 5) is 2.44. The number of benzene rings is 2. The van der Waals surface area contributed by atoms with Crippen molar-refractivity contribution in [1.29, 1.82) is 0 Å². The van der Waals surface area contributed by atoms with Crippen molar-refractivity contribution in [1.82, 2.24) is 0 Å². The van der Waals surface area contributed by atoms with Gasteiger partial charge >= 0.3 is 0 Å². The van der Waals surface area contributed by atoms with Gasteiger partial charge in [-0.05, 0) is 49.9 Å². The molecular formula is C20H26N2O. The number of anilines is 2. The Labute approximate surface area is 139 Å². The number of rotatable bonds is 4. The van der Waals surface area contributed by atoms with E-state index in [9.17, 15) is 0 Å². The van der Waals surface area contributed by atoms with Gasteiger partial charge in [0.1, 0.15) is 11.5 Å². The highest BCUT2D eigenvalue weighted by molar-refractivity contribution is 5.75. The van der Waals surface area contributed by atoms with Crippen molar-refractivity contribution >= 4 is 11.4 Å². The molecule has 2 N–H and O–H groups in total. The molecule has 0 bridgehead atoms. The lowest BCUT2D eigenvalue weighted by Gasteiger charge is -2.36. The van der Waals surface area contributed by atoms with Crippen molar-refractivity contribution in [2.24, 2.45) is 5.92 Å². The molecule has 0 aliphatic carbocycles. The molecule has 1 atom stereocenters. The van der Waals surface area contributed by atoms with Crippen LogP contribution in [0.25, 0.3) is 0 Å². The predicted molar refractivity (Wildman–Crippen MR) is 97.3 cm³/mol. The molecule has 0 unspecified atom stereocenters. The zero-order valence-electron chi connectivity index (χ0n) is 14.1. The first-order chi connectivity index (χ1) is 11.2. The molecule has 0 amide bonds. The first-order valence-corrected chi connectivity index (χ1v) is 8.56. The molecule has 0 aromatic heterocycles. The SMILES string of the molecule is CC[C@@H]1CCCN(c2c(N)ccc(Oc3ccccc3)c2C)C1. The summed E-state index contributed by atoms with van der Waals surface area (Å²) >= 11 is 0. The number of para-hydroxylation sites is 1. The Balaban J connectivity index is 1.89. The first-order valence-electron chi connectivity index (χ1n) is 8.56. The minimum Gasteiger partial charge on any atom is -0.457 e. The lowest BCUT2D eigenvalue weighted by atomic mass is 9.94. The summed E-state index contributed by atoms with van der Waals surface area (Å²) in [5.74, 6) is 2.51. The van der Waals surface area contributed by atoms with E-state index >= 15 is 0 Å². The zero-order chi connectivity index (χ0) is 16.2. The lowest BCUT2D eigenvalue weighted by molar-refractivity contribution is 0.404. The van der Waals surface area contributed by atoms with Gasteiger partial charge in [0, 0.05) is 18.7 Å². The van der Waals surface area contributed by atoms with E-state index in [0.717, 1.165) is 47.4 Å². The van der Waals surface area contributed by atoms with E-state index in [0.29, 0.717) is 0 Å². The second-order valence-electron chi connectivity index (χ2n) is 6.40. The van der Waals surface area contributed by atoms with Crippen molar-refractivity contribution in [2.75, 3.05) is 23.7 Å². The van der Waals surface area contributed by atoms with Crippen LogP contribution in [0.1, 0.15) is 31.7 Å². The molecule has 1 fully saturated rings. The molecule has 3 nitrogen and oxygen atoms in total. The Bertz CT molecular complexity index is 654. The number of hydrogen-bond donors (Lipinski definition) is 1. The number of ether oxygens (including phenoxy) is 1. The third-order valence-corrected chi connectivity index (χ3v) is 4.80. The van der Waals surface area contributed by atoms with Gasteiger partial charge in [-0.2, -0.15) is 0 Å². The molecule has 0 radical (unpaired) electrons. The van der Waals surface area contributed by atoms with Gasteiger partial charge in [0.25, 0.3) is 0 Å². The first kappa shape index (κ1) is 15.7. The van der Waals surface area contributed by atoms with Crippen LogP contribution in [-0.2, 0) is 0 Å². The van der Waals surface area contributed by atoms with Crippen LogP contribution < -0.4 is 15.4 Å². The van der Waals surface area contributed by atoms with Gasteiger partial charge in [0.05, 0.1) is 11.4 Å². The summed E-state index contributed by atoms with van der Waals surface area (Å²) < 4.78 is 6.07. The highest BCUT2D eigenvalue weighted by Gasteiger charge is 2.23. The number of nitrogens with zero attached hydrogens (tertiary/aromatic N) is 1. The second-order valence-corrected chi connectivity index (χ2v) is 6.40. The molecule has 1 saturated heterocycles. The van der Waals surface area contributed by atoms with E-state index in [2.05, 4.69) is 18.7 Å². The summed E-state index contributed by atoms with van der Waals surface area (Å²) in [5.41, 5.74) is 9.43. The number of nitrogen functional groups attached to an aromatic ring is 1. The molecule has 1 aliphatic heterocycles. The number of piperidine rings is 1. The van der Waals surface area contributed by atoms with Gasteiger partial charge in [-0.15, -0.1) is 0 Å². The molecule has 3 heteroatoms. The monoisotopic (exact) mass is 310 g/mol. The van der Waals surface area contributed by atoms with Crippen LogP contribution in [0, 0.1) is 12.8 Å². The predicted octanol–water partition coefficient (Wildman–Crippen LogP) is 5.00. The van der Waals surface area contributed by atoms with Crippen molar-refractivity contribution in [2.45, 2.75) is 33.1 Å². The van der Waals surface area contributed by atoms with E-state index in [1.807, 2.05) is 42.5 Å². The van der Waals surface area contributed by atoms with Gasteiger partial charge in [0.15, 0.2) is 0 Å².